The Morgan fingerprint density at radius 3 is 2.35 bits per heavy atom. The maximum Gasteiger partial charge on any atom is 0.415 e. The fourth-order valence-electron chi connectivity index (χ4n) is 3.81. The molecule has 0 saturated heterocycles. The first-order chi connectivity index (χ1) is 12.2. The molecule has 1 aliphatic rings. The van der Waals surface area contributed by atoms with Crippen LogP contribution in [0.5, 0.6) is 0 Å². The van der Waals surface area contributed by atoms with Crippen molar-refractivity contribution in [2.45, 2.75) is 72.1 Å². The summed E-state index contributed by atoms with van der Waals surface area (Å²) in [5.74, 6) is 0. The summed E-state index contributed by atoms with van der Waals surface area (Å²) >= 11 is 5.95. The Labute approximate surface area is 161 Å². The molecule has 0 heterocycles. The quantitative estimate of drug-likeness (QED) is 0.667. The molecule has 1 N–H and O–H groups in total. The minimum absolute atomic E-state index is 0.0653. The Hall–Kier alpha value is -1.52. The Bertz CT molecular complexity index is 646. The van der Waals surface area contributed by atoms with Crippen molar-refractivity contribution >= 4 is 17.7 Å². The molecule has 4 nitrogen and oxygen atoms in total. The van der Waals surface area contributed by atoms with E-state index in [9.17, 15) is 9.90 Å². The van der Waals surface area contributed by atoms with E-state index in [1.807, 2.05) is 46.8 Å². The lowest BCUT2D eigenvalue weighted by molar-refractivity contribution is 0.0623. The van der Waals surface area contributed by atoms with Crippen LogP contribution in [-0.2, 0) is 4.74 Å². The summed E-state index contributed by atoms with van der Waals surface area (Å²) in [7, 11) is 0. The van der Waals surface area contributed by atoms with Gasteiger partial charge >= 0.3 is 6.09 Å². The van der Waals surface area contributed by atoms with Crippen molar-refractivity contribution in [2.24, 2.45) is 5.41 Å². The van der Waals surface area contributed by atoms with Crippen molar-refractivity contribution < 1.29 is 14.6 Å². The topological polar surface area (TPSA) is 49.8 Å². The summed E-state index contributed by atoms with van der Waals surface area (Å²) in [6, 6.07) is 7.39. The second kappa shape index (κ2) is 8.45. The highest BCUT2D eigenvalue weighted by atomic mass is 35.5. The van der Waals surface area contributed by atoms with Gasteiger partial charge in [0, 0.05) is 22.5 Å². The van der Waals surface area contributed by atoms with Crippen molar-refractivity contribution in [1.29, 1.82) is 0 Å². The third-order valence-electron chi connectivity index (χ3n) is 5.29. The smallest absolute Gasteiger partial charge is 0.415 e. The van der Waals surface area contributed by atoms with Gasteiger partial charge in [-0.1, -0.05) is 30.7 Å². The number of benzene rings is 1. The molecule has 1 aromatic carbocycles. The Morgan fingerprint density at radius 1 is 1.23 bits per heavy atom. The van der Waals surface area contributed by atoms with E-state index in [1.54, 1.807) is 23.3 Å². The van der Waals surface area contributed by atoms with Crippen molar-refractivity contribution in [3.8, 4) is 0 Å². The average Bonchev–Trinajstić information content (AvgIpc) is 2.94. The normalized spacial score (nSPS) is 22.9. The molecule has 144 valence electrons. The number of halogens is 1. The fourth-order valence-corrected chi connectivity index (χ4v) is 3.94. The molecule has 0 bridgehead atoms. The van der Waals surface area contributed by atoms with Crippen LogP contribution in [0.3, 0.4) is 0 Å². The maximum atomic E-state index is 12.5. The molecule has 0 spiro atoms. The van der Waals surface area contributed by atoms with E-state index < -0.39 is 11.5 Å². The summed E-state index contributed by atoms with van der Waals surface area (Å²) in [4.78, 5) is 14.2. The summed E-state index contributed by atoms with van der Waals surface area (Å²) in [5.41, 5.74) is 1.34. The zero-order valence-electron chi connectivity index (χ0n) is 16.3. The number of amides is 1. The van der Waals surface area contributed by atoms with Gasteiger partial charge in [0.25, 0.3) is 0 Å². The van der Waals surface area contributed by atoms with Crippen molar-refractivity contribution in [2.75, 3.05) is 0 Å². The van der Waals surface area contributed by atoms with Gasteiger partial charge in [0.05, 0.1) is 12.4 Å². The molecule has 5 heteroatoms. The van der Waals surface area contributed by atoms with Crippen LogP contribution in [-0.4, -0.2) is 28.2 Å². The van der Waals surface area contributed by atoms with Gasteiger partial charge in [-0.15, -0.1) is 0 Å². The highest BCUT2D eigenvalue weighted by Gasteiger charge is 2.41. The van der Waals surface area contributed by atoms with Crippen molar-refractivity contribution in [3.05, 3.63) is 46.7 Å². The van der Waals surface area contributed by atoms with Gasteiger partial charge in [0.15, 0.2) is 0 Å². The van der Waals surface area contributed by atoms with Gasteiger partial charge in [0.1, 0.15) is 0 Å². The molecule has 0 aromatic heterocycles. The molecule has 1 aromatic rings. The molecule has 1 fully saturated rings. The molecule has 1 aliphatic carbocycles. The van der Waals surface area contributed by atoms with Crippen LogP contribution in [0.1, 0.15) is 65.5 Å². The average molecular weight is 380 g/mol. The first-order valence-electron chi connectivity index (χ1n) is 9.29. The number of aliphatic hydroxyl groups is 1. The van der Waals surface area contributed by atoms with E-state index in [0.29, 0.717) is 5.02 Å². The third-order valence-corrected chi connectivity index (χ3v) is 5.54. The van der Waals surface area contributed by atoms with E-state index in [4.69, 9.17) is 16.3 Å². The number of ether oxygens (including phenoxy) is 1. The van der Waals surface area contributed by atoms with Gasteiger partial charge < -0.3 is 14.7 Å². The molecule has 1 saturated carbocycles. The number of carbonyl (C=O) groups excluding carboxylic acids is 1. The molecular weight excluding hydrogens is 350 g/mol. The number of hydrogen-bond acceptors (Lipinski definition) is 3. The highest BCUT2D eigenvalue weighted by Crippen LogP contribution is 2.51. The number of aliphatic hydroxyl groups excluding tert-OH is 1. The maximum absolute atomic E-state index is 12.5. The summed E-state index contributed by atoms with van der Waals surface area (Å²) in [5, 5.41) is 11.6. The van der Waals surface area contributed by atoms with Crippen LogP contribution >= 0.6 is 11.6 Å². The SMILES string of the molecule is CC(C)N(C(=O)O/C=C1\CCC[C@]1(C)[C@H](O)c1ccc(Cl)cc1)C(C)C. The molecule has 2 rings (SSSR count). The zero-order valence-corrected chi connectivity index (χ0v) is 17.1. The van der Waals surface area contributed by atoms with Gasteiger partial charge in [-0.05, 0) is 70.2 Å². The predicted molar refractivity (Wildman–Crippen MR) is 105 cm³/mol. The van der Waals surface area contributed by atoms with E-state index in [1.165, 1.54) is 0 Å². The van der Waals surface area contributed by atoms with Crippen LogP contribution in [0.25, 0.3) is 0 Å². The highest BCUT2D eigenvalue weighted by molar-refractivity contribution is 6.30. The van der Waals surface area contributed by atoms with Crippen LogP contribution in [0.15, 0.2) is 36.1 Å². The molecule has 2 atom stereocenters. The van der Waals surface area contributed by atoms with Crippen molar-refractivity contribution in [3.63, 3.8) is 0 Å². The van der Waals surface area contributed by atoms with E-state index in [2.05, 4.69) is 0 Å². The first-order valence-corrected chi connectivity index (χ1v) is 9.66. The number of hydrogen-bond donors (Lipinski definition) is 1. The molecule has 0 aliphatic heterocycles. The Balaban J connectivity index is 2.18. The lowest BCUT2D eigenvalue weighted by atomic mass is 9.76. The number of rotatable bonds is 5. The zero-order chi connectivity index (χ0) is 19.5. The molecule has 0 unspecified atom stereocenters. The molecule has 1 amide bonds. The number of carbonyl (C=O) groups is 1. The van der Waals surface area contributed by atoms with E-state index in [-0.39, 0.29) is 18.2 Å². The fraction of sp³-hybridized carbons (Fsp3) is 0.571. The lowest BCUT2D eigenvalue weighted by Crippen LogP contribution is -2.41. The van der Waals surface area contributed by atoms with Gasteiger partial charge in [-0.25, -0.2) is 4.79 Å². The molecule has 26 heavy (non-hydrogen) atoms. The van der Waals surface area contributed by atoms with Gasteiger partial charge in [-0.2, -0.15) is 0 Å². The van der Waals surface area contributed by atoms with Crippen LogP contribution in [0.4, 0.5) is 4.79 Å². The van der Waals surface area contributed by atoms with Crippen molar-refractivity contribution in [1.82, 2.24) is 4.90 Å². The lowest BCUT2D eigenvalue weighted by Gasteiger charge is -2.33. The Kier molecular flexibility index (Phi) is 6.75. The van der Waals surface area contributed by atoms with Crippen LogP contribution in [0, 0.1) is 5.41 Å². The first kappa shape index (κ1) is 20.8. The number of nitrogens with zero attached hydrogens (tertiary/aromatic N) is 1. The van der Waals surface area contributed by atoms with Gasteiger partial charge in [0.2, 0.25) is 0 Å². The second-order valence-corrected chi connectivity index (χ2v) is 8.28. The summed E-state index contributed by atoms with van der Waals surface area (Å²) in [6.07, 6.45) is 3.17. The third kappa shape index (κ3) is 4.41. The summed E-state index contributed by atoms with van der Waals surface area (Å²) < 4.78 is 5.50. The van der Waals surface area contributed by atoms with E-state index >= 15 is 0 Å². The molecular formula is C21H30ClNO3. The second-order valence-electron chi connectivity index (χ2n) is 7.85. The largest absolute Gasteiger partial charge is 0.418 e. The molecule has 0 radical (unpaired) electrons. The van der Waals surface area contributed by atoms with Crippen LogP contribution in [0.2, 0.25) is 5.02 Å². The summed E-state index contributed by atoms with van der Waals surface area (Å²) in [6.45, 7) is 9.91. The Morgan fingerprint density at radius 2 is 1.81 bits per heavy atom. The van der Waals surface area contributed by atoms with Gasteiger partial charge in [-0.3, -0.25) is 0 Å². The van der Waals surface area contributed by atoms with E-state index in [0.717, 1.165) is 30.4 Å². The minimum Gasteiger partial charge on any atom is -0.418 e. The van der Waals surface area contributed by atoms with Crippen LogP contribution < -0.4 is 0 Å². The standard InChI is InChI=1S/C21H30ClNO3/c1-14(2)23(15(3)4)20(25)26-13-17-7-6-12-21(17,5)19(24)16-8-10-18(22)11-9-16/h8-11,13-15,19,24H,6-7,12H2,1-5H3/b17-13+/t19-,21+/m1/s1. The minimum atomic E-state index is -0.668. The monoisotopic (exact) mass is 379 g/mol. The predicted octanol–water partition coefficient (Wildman–Crippen LogP) is 5.70.